The van der Waals surface area contributed by atoms with Crippen molar-refractivity contribution in [1.82, 2.24) is 24.9 Å². The number of likely N-dealkylation sites (tertiary alicyclic amines) is 1. The molecule has 8 atom stereocenters. The maximum absolute atomic E-state index is 14.1. The Kier molecular flexibility index (Phi) is 17.2. The molecule has 1 fully saturated rings. The molecular weight excluding hydrogens is 636 g/mol. The van der Waals surface area contributed by atoms with Gasteiger partial charge in [-0.25, -0.2) is 0 Å². The third-order valence-electron chi connectivity index (χ3n) is 10.7. The van der Waals surface area contributed by atoms with Gasteiger partial charge in [0.1, 0.15) is 6.04 Å². The van der Waals surface area contributed by atoms with Crippen molar-refractivity contribution >= 4 is 29.3 Å². The first-order chi connectivity index (χ1) is 23.5. The summed E-state index contributed by atoms with van der Waals surface area (Å²) in [5.41, 5.74) is 7.61. The van der Waals surface area contributed by atoms with Crippen LogP contribution >= 0.6 is 0 Å². The molecule has 3 N–H and O–H groups in total. The molecule has 12 heteroatoms. The van der Waals surface area contributed by atoms with Crippen LogP contribution < -0.4 is 11.1 Å². The van der Waals surface area contributed by atoms with E-state index >= 15 is 0 Å². The van der Waals surface area contributed by atoms with Crippen LogP contribution in [0.25, 0.3) is 0 Å². The minimum Gasteiger partial charge on any atom is -0.399 e. The number of carbonyl (C=O) groups excluding carboxylic acids is 4. The molecule has 1 aliphatic heterocycles. The Hall–Kier alpha value is -3.22. The highest BCUT2D eigenvalue weighted by atomic mass is 16.5. The summed E-state index contributed by atoms with van der Waals surface area (Å²) in [7, 11) is 10.4. The number of hydrogen-bond acceptors (Lipinski definition) is 8. The van der Waals surface area contributed by atoms with E-state index in [0.717, 1.165) is 24.8 Å². The fourth-order valence-electron chi connectivity index (χ4n) is 6.98. The van der Waals surface area contributed by atoms with Crippen LogP contribution in [0.5, 0.6) is 0 Å². The highest BCUT2D eigenvalue weighted by Gasteiger charge is 2.43. The lowest BCUT2D eigenvalue weighted by atomic mass is 9.89. The molecule has 1 aromatic carbocycles. The van der Waals surface area contributed by atoms with Crippen LogP contribution in [0.1, 0.15) is 72.8 Å². The van der Waals surface area contributed by atoms with Crippen molar-refractivity contribution in [2.24, 2.45) is 17.8 Å². The number of carbonyl (C=O) groups is 4. The van der Waals surface area contributed by atoms with E-state index in [1.807, 2.05) is 64.0 Å². The van der Waals surface area contributed by atoms with Crippen LogP contribution in [0, 0.1) is 17.8 Å². The summed E-state index contributed by atoms with van der Waals surface area (Å²) < 4.78 is 12.0. The summed E-state index contributed by atoms with van der Waals surface area (Å²) >= 11 is 0. The molecule has 1 heterocycles. The molecule has 0 bridgehead atoms. The summed E-state index contributed by atoms with van der Waals surface area (Å²) in [5.74, 6) is -1.18. The summed E-state index contributed by atoms with van der Waals surface area (Å²) in [6.45, 7) is 12.7. The van der Waals surface area contributed by atoms with Crippen molar-refractivity contribution in [3.63, 3.8) is 0 Å². The van der Waals surface area contributed by atoms with Crippen LogP contribution in [-0.2, 0) is 35.1 Å². The Morgan fingerprint density at radius 3 is 2.10 bits per heavy atom. The van der Waals surface area contributed by atoms with Gasteiger partial charge in [-0.15, -0.1) is 0 Å². The predicted octanol–water partition coefficient (Wildman–Crippen LogP) is 3.28. The fourth-order valence-corrected chi connectivity index (χ4v) is 6.98. The standard InChI is InChI=1S/C38H66N6O6/c1-13-25(4)34(43(10)38(48)33(24(2)3)40-36(46)27(6)41(7)8)31(49-11)23-32(45)44-21-14-15-30(44)35(50-12)26(5)37(47)42(9)22-20-28-16-18-29(39)19-17-28/h16-19,24-27,30-31,33-35H,13-15,20-23,39H2,1-12H3,(H,40,46)/t25-,26+,27+,30-,31+,33-,34-,35+/m0/s1. The lowest BCUT2D eigenvalue weighted by Crippen LogP contribution is -2.59. The molecule has 0 radical (unpaired) electrons. The number of nitrogens with one attached hydrogen (secondary N) is 1. The van der Waals surface area contributed by atoms with E-state index < -0.39 is 36.3 Å². The molecule has 0 saturated carbocycles. The van der Waals surface area contributed by atoms with Gasteiger partial charge < -0.3 is 35.2 Å². The molecule has 0 unspecified atom stereocenters. The second-order valence-electron chi connectivity index (χ2n) is 14.7. The first kappa shape index (κ1) is 42.9. The van der Waals surface area contributed by atoms with E-state index in [0.29, 0.717) is 25.2 Å². The minimum absolute atomic E-state index is 0.00781. The molecule has 1 saturated heterocycles. The number of hydrogen-bond donors (Lipinski definition) is 2. The topological polar surface area (TPSA) is 138 Å². The zero-order chi connectivity index (χ0) is 37.9. The number of ether oxygens (including phenoxy) is 2. The zero-order valence-electron chi connectivity index (χ0n) is 32.8. The number of rotatable bonds is 19. The molecule has 1 aliphatic rings. The molecule has 0 spiro atoms. The molecule has 12 nitrogen and oxygen atoms in total. The van der Waals surface area contributed by atoms with Gasteiger partial charge in [-0.1, -0.05) is 53.2 Å². The molecule has 1 aromatic rings. The number of nitrogens with zero attached hydrogens (tertiary/aromatic N) is 4. The van der Waals surface area contributed by atoms with Crippen molar-refractivity contribution in [3.05, 3.63) is 29.8 Å². The van der Waals surface area contributed by atoms with Crippen LogP contribution in [0.15, 0.2) is 24.3 Å². The summed E-state index contributed by atoms with van der Waals surface area (Å²) in [5, 5.41) is 2.97. The average molecular weight is 703 g/mol. The van der Waals surface area contributed by atoms with Gasteiger partial charge in [0.15, 0.2) is 0 Å². The third-order valence-corrected chi connectivity index (χ3v) is 10.7. The Morgan fingerprint density at radius 2 is 1.58 bits per heavy atom. The molecule has 50 heavy (non-hydrogen) atoms. The van der Waals surface area contributed by atoms with Crippen molar-refractivity contribution in [2.45, 2.75) is 110 Å². The van der Waals surface area contributed by atoms with E-state index in [9.17, 15) is 19.2 Å². The van der Waals surface area contributed by atoms with Gasteiger partial charge in [0.05, 0.1) is 42.7 Å². The van der Waals surface area contributed by atoms with Gasteiger partial charge in [-0.3, -0.25) is 24.1 Å². The lowest BCUT2D eigenvalue weighted by Gasteiger charge is -2.41. The van der Waals surface area contributed by atoms with Crippen molar-refractivity contribution in [1.29, 1.82) is 0 Å². The van der Waals surface area contributed by atoms with Gasteiger partial charge in [0.2, 0.25) is 23.6 Å². The predicted molar refractivity (Wildman–Crippen MR) is 198 cm³/mol. The van der Waals surface area contributed by atoms with E-state index in [1.165, 1.54) is 0 Å². The van der Waals surface area contributed by atoms with E-state index in [-0.39, 0.29) is 47.9 Å². The summed E-state index contributed by atoms with van der Waals surface area (Å²) in [6, 6.07) is 5.84. The number of likely N-dealkylation sites (N-methyl/N-ethyl adjacent to an activating group) is 3. The number of anilines is 1. The Balaban J connectivity index is 2.22. The van der Waals surface area contributed by atoms with Gasteiger partial charge in [0, 0.05) is 47.1 Å². The second-order valence-corrected chi connectivity index (χ2v) is 14.7. The van der Waals surface area contributed by atoms with Gasteiger partial charge in [0.25, 0.3) is 0 Å². The van der Waals surface area contributed by atoms with Gasteiger partial charge in [-0.2, -0.15) is 0 Å². The first-order valence-corrected chi connectivity index (χ1v) is 18.2. The first-order valence-electron chi connectivity index (χ1n) is 18.2. The number of benzene rings is 1. The zero-order valence-corrected chi connectivity index (χ0v) is 32.8. The summed E-state index contributed by atoms with van der Waals surface area (Å²) in [6.07, 6.45) is 1.98. The van der Waals surface area contributed by atoms with Gasteiger partial charge >= 0.3 is 0 Å². The highest BCUT2D eigenvalue weighted by Crippen LogP contribution is 2.30. The monoisotopic (exact) mass is 703 g/mol. The van der Waals surface area contributed by atoms with E-state index in [1.54, 1.807) is 49.9 Å². The second kappa shape index (κ2) is 20.0. The van der Waals surface area contributed by atoms with Crippen LogP contribution in [-0.4, -0.2) is 135 Å². The molecule has 4 amide bonds. The molecule has 0 aromatic heterocycles. The summed E-state index contributed by atoms with van der Waals surface area (Å²) in [4.78, 5) is 61.7. The smallest absolute Gasteiger partial charge is 0.245 e. The van der Waals surface area contributed by atoms with Crippen molar-refractivity contribution in [3.8, 4) is 0 Å². The quantitative estimate of drug-likeness (QED) is 0.210. The number of nitrogen functional groups attached to an aromatic ring is 1. The number of nitrogens with two attached hydrogens (primary N) is 1. The Bertz CT molecular complexity index is 1240. The Labute approximate surface area is 301 Å². The molecule has 2 rings (SSSR count). The normalized spacial score (nSPS) is 19.0. The maximum Gasteiger partial charge on any atom is 0.245 e. The van der Waals surface area contributed by atoms with Crippen molar-refractivity contribution in [2.75, 3.05) is 61.2 Å². The van der Waals surface area contributed by atoms with Gasteiger partial charge in [-0.05, 0) is 69.8 Å². The Morgan fingerprint density at radius 1 is 0.960 bits per heavy atom. The van der Waals surface area contributed by atoms with Crippen LogP contribution in [0.4, 0.5) is 5.69 Å². The average Bonchev–Trinajstić information content (AvgIpc) is 3.58. The van der Waals surface area contributed by atoms with Crippen molar-refractivity contribution < 1.29 is 28.7 Å². The number of methoxy groups -OCH3 is 2. The number of amides is 4. The van der Waals surface area contributed by atoms with E-state index in [2.05, 4.69) is 19.2 Å². The molecule has 0 aliphatic carbocycles. The minimum atomic E-state index is -0.733. The van der Waals surface area contributed by atoms with Crippen LogP contribution in [0.3, 0.4) is 0 Å². The van der Waals surface area contributed by atoms with E-state index in [4.69, 9.17) is 15.2 Å². The fraction of sp³-hybridized carbons (Fsp3) is 0.737. The highest BCUT2D eigenvalue weighted by molar-refractivity contribution is 5.90. The molecular formula is C38H66N6O6. The van der Waals surface area contributed by atoms with Crippen LogP contribution in [0.2, 0.25) is 0 Å². The molecule has 284 valence electrons. The maximum atomic E-state index is 14.1. The largest absolute Gasteiger partial charge is 0.399 e. The SMILES string of the molecule is CC[C@H](C)[C@@H]([C@@H](CC(=O)N1CCC[C@H]1[C@H](OC)[C@@H](C)C(=O)N(C)CCc1ccc(N)cc1)OC)N(C)C(=O)[C@@H](NC(=O)[C@@H](C)N(C)C)C(C)C. The lowest BCUT2D eigenvalue weighted by molar-refractivity contribution is -0.149. The third kappa shape index (κ3) is 11.1.